The molecule has 0 saturated carbocycles. The van der Waals surface area contributed by atoms with Gasteiger partial charge in [0.1, 0.15) is 17.3 Å². The van der Waals surface area contributed by atoms with Crippen molar-refractivity contribution >= 4 is 28.5 Å². The number of nitrogen functional groups attached to an aromatic ring is 1. The van der Waals surface area contributed by atoms with Gasteiger partial charge >= 0.3 is 0 Å². The molecule has 2 amide bonds. The van der Waals surface area contributed by atoms with Crippen molar-refractivity contribution in [3.63, 3.8) is 0 Å². The lowest BCUT2D eigenvalue weighted by Gasteiger charge is -2.17. The van der Waals surface area contributed by atoms with Crippen LogP contribution in [0.1, 0.15) is 27.3 Å². The average molecular weight is 447 g/mol. The third-order valence-corrected chi connectivity index (χ3v) is 5.83. The molecule has 1 saturated heterocycles. The molecule has 0 unspecified atom stereocenters. The number of anilines is 1. The Bertz CT molecular complexity index is 1380. The Balaban J connectivity index is 1.27. The van der Waals surface area contributed by atoms with Crippen molar-refractivity contribution in [2.75, 3.05) is 18.8 Å². The first-order chi connectivity index (χ1) is 15.9. The Morgan fingerprint density at radius 3 is 2.85 bits per heavy atom. The molecule has 10 heteroatoms. The summed E-state index contributed by atoms with van der Waals surface area (Å²) in [6.07, 6.45) is 5.73. The van der Waals surface area contributed by atoms with Crippen LogP contribution in [0.25, 0.3) is 22.0 Å². The third kappa shape index (κ3) is 4.02. The van der Waals surface area contributed by atoms with Gasteiger partial charge in [-0.15, -0.1) is 0 Å². The number of carbonyl (C=O) groups is 2. The normalized spacial score (nSPS) is 15.8. The molecule has 0 bridgehead atoms. The van der Waals surface area contributed by atoms with Crippen molar-refractivity contribution in [2.24, 2.45) is 7.05 Å². The number of aromatic nitrogens is 4. The van der Waals surface area contributed by atoms with Crippen molar-refractivity contribution in [1.82, 2.24) is 30.0 Å². The zero-order chi connectivity index (χ0) is 23.1. The van der Waals surface area contributed by atoms with Crippen LogP contribution in [0.3, 0.4) is 0 Å². The molecule has 0 aliphatic carbocycles. The molecule has 1 fully saturated rings. The van der Waals surface area contributed by atoms with E-state index in [2.05, 4.69) is 20.4 Å². The quantitative estimate of drug-likeness (QED) is 0.443. The monoisotopic (exact) mass is 447 g/mol. The fourth-order valence-corrected chi connectivity index (χ4v) is 4.10. The van der Waals surface area contributed by atoms with E-state index in [4.69, 9.17) is 5.73 Å². The Kier molecular flexibility index (Phi) is 5.04. The number of nitrogens with zero attached hydrogens (tertiary/aromatic N) is 4. The van der Waals surface area contributed by atoms with Gasteiger partial charge in [-0.05, 0) is 36.8 Å². The van der Waals surface area contributed by atoms with Crippen molar-refractivity contribution in [1.29, 1.82) is 0 Å². The highest BCUT2D eigenvalue weighted by Crippen LogP contribution is 2.23. The molecule has 1 aromatic carbocycles. The second-order valence-electron chi connectivity index (χ2n) is 8.18. The lowest BCUT2D eigenvalue weighted by Crippen LogP contribution is -2.38. The van der Waals surface area contributed by atoms with Crippen LogP contribution in [0.5, 0.6) is 0 Å². The van der Waals surface area contributed by atoms with Crippen LogP contribution in [0, 0.1) is 5.82 Å². The van der Waals surface area contributed by atoms with Gasteiger partial charge in [-0.1, -0.05) is 0 Å². The number of hydrogen-bond acceptors (Lipinski definition) is 5. The maximum absolute atomic E-state index is 13.4. The maximum Gasteiger partial charge on any atom is 0.270 e. The van der Waals surface area contributed by atoms with Crippen molar-refractivity contribution in [2.45, 2.75) is 12.5 Å². The number of aryl methyl sites for hydroxylation is 1. The van der Waals surface area contributed by atoms with E-state index in [9.17, 15) is 14.0 Å². The average Bonchev–Trinajstić information content (AvgIpc) is 3.53. The number of rotatable bonds is 4. The molecule has 1 aliphatic heterocycles. The summed E-state index contributed by atoms with van der Waals surface area (Å²) in [5, 5.41) is 7.73. The highest BCUT2D eigenvalue weighted by molar-refractivity contribution is 6.00. The van der Waals surface area contributed by atoms with Gasteiger partial charge in [-0.3, -0.25) is 14.3 Å². The predicted octanol–water partition coefficient (Wildman–Crippen LogP) is 2.33. The summed E-state index contributed by atoms with van der Waals surface area (Å²) < 4.78 is 15.1. The minimum atomic E-state index is -0.356. The van der Waals surface area contributed by atoms with Crippen LogP contribution in [0.4, 0.5) is 10.2 Å². The smallest absolute Gasteiger partial charge is 0.270 e. The van der Waals surface area contributed by atoms with Gasteiger partial charge in [0, 0.05) is 60.6 Å². The number of benzene rings is 1. The molecule has 1 aliphatic rings. The number of H-pyrrole nitrogens is 1. The largest absolute Gasteiger partial charge is 0.383 e. The SMILES string of the molecule is Cn1cc(-c2cnc(N)c(C(=O)N[C@@H]3CCN(C(=O)c4cc5cc(F)ccc5[nH]4)C3)c2)cn1. The van der Waals surface area contributed by atoms with Gasteiger partial charge in [0.05, 0.1) is 11.8 Å². The molecular formula is C23H22FN7O2. The van der Waals surface area contributed by atoms with Gasteiger partial charge in [-0.2, -0.15) is 5.10 Å². The summed E-state index contributed by atoms with van der Waals surface area (Å²) in [7, 11) is 1.81. The molecule has 4 N–H and O–H groups in total. The standard InChI is InChI=1S/C23H22FN7O2/c1-30-11-15(10-27-30)14-7-18(21(25)26-9-14)22(32)28-17-4-5-31(12-17)23(33)20-8-13-6-16(24)2-3-19(13)29-20/h2-3,6-11,17,29H,4-5,12H2,1H3,(H2,25,26)(H,28,32)/t17-/m1/s1. The van der Waals surface area contributed by atoms with Crippen LogP contribution < -0.4 is 11.1 Å². The number of aromatic amines is 1. The lowest BCUT2D eigenvalue weighted by molar-refractivity contribution is 0.0778. The van der Waals surface area contributed by atoms with E-state index >= 15 is 0 Å². The maximum atomic E-state index is 13.4. The number of halogens is 1. The molecule has 0 spiro atoms. The molecule has 4 aromatic rings. The van der Waals surface area contributed by atoms with Gasteiger partial charge < -0.3 is 20.9 Å². The molecule has 3 aromatic heterocycles. The summed E-state index contributed by atoms with van der Waals surface area (Å²) in [4.78, 5) is 34.7. The number of pyridine rings is 1. The zero-order valence-corrected chi connectivity index (χ0v) is 17.9. The molecule has 4 heterocycles. The topological polar surface area (TPSA) is 122 Å². The predicted molar refractivity (Wildman–Crippen MR) is 121 cm³/mol. The highest BCUT2D eigenvalue weighted by atomic mass is 19.1. The van der Waals surface area contributed by atoms with E-state index in [1.54, 1.807) is 40.2 Å². The number of likely N-dealkylation sites (tertiary alicyclic amines) is 1. The molecule has 168 valence electrons. The summed E-state index contributed by atoms with van der Waals surface area (Å²) >= 11 is 0. The van der Waals surface area contributed by atoms with E-state index < -0.39 is 0 Å². The number of nitrogens with one attached hydrogen (secondary N) is 2. The molecule has 0 radical (unpaired) electrons. The Labute approximate surface area is 188 Å². The second-order valence-corrected chi connectivity index (χ2v) is 8.18. The highest BCUT2D eigenvalue weighted by Gasteiger charge is 2.29. The van der Waals surface area contributed by atoms with Gasteiger partial charge in [0.2, 0.25) is 0 Å². The van der Waals surface area contributed by atoms with Gasteiger partial charge in [-0.25, -0.2) is 9.37 Å². The zero-order valence-electron chi connectivity index (χ0n) is 17.9. The Morgan fingerprint density at radius 2 is 2.06 bits per heavy atom. The van der Waals surface area contributed by atoms with E-state index in [-0.39, 0.29) is 35.1 Å². The summed E-state index contributed by atoms with van der Waals surface area (Å²) in [5.41, 5.74) is 8.88. The fraction of sp³-hybridized carbons (Fsp3) is 0.217. The van der Waals surface area contributed by atoms with Crippen LogP contribution in [-0.4, -0.2) is 55.6 Å². The first kappa shape index (κ1) is 20.7. The first-order valence-corrected chi connectivity index (χ1v) is 10.5. The number of hydrogen-bond donors (Lipinski definition) is 3. The van der Waals surface area contributed by atoms with Crippen molar-refractivity contribution in [3.05, 3.63) is 66.0 Å². The van der Waals surface area contributed by atoms with Gasteiger partial charge in [0.15, 0.2) is 0 Å². The molecule has 33 heavy (non-hydrogen) atoms. The number of carbonyl (C=O) groups excluding carboxylic acids is 2. The molecule has 5 rings (SSSR count). The van der Waals surface area contributed by atoms with Crippen LogP contribution >= 0.6 is 0 Å². The Morgan fingerprint density at radius 1 is 1.21 bits per heavy atom. The number of amides is 2. The van der Waals surface area contributed by atoms with E-state index in [1.807, 2.05) is 13.2 Å². The van der Waals surface area contributed by atoms with Crippen LogP contribution in [0.2, 0.25) is 0 Å². The van der Waals surface area contributed by atoms with E-state index in [0.717, 1.165) is 11.1 Å². The Hall–Kier alpha value is -4.21. The fourth-order valence-electron chi connectivity index (χ4n) is 4.10. The van der Waals surface area contributed by atoms with Gasteiger partial charge in [0.25, 0.3) is 11.8 Å². The van der Waals surface area contributed by atoms with Crippen LogP contribution in [-0.2, 0) is 7.05 Å². The van der Waals surface area contributed by atoms with E-state index in [0.29, 0.717) is 36.1 Å². The minimum Gasteiger partial charge on any atom is -0.383 e. The lowest BCUT2D eigenvalue weighted by atomic mass is 10.1. The second kappa shape index (κ2) is 8.05. The summed E-state index contributed by atoms with van der Waals surface area (Å²) in [6.45, 7) is 0.862. The summed E-state index contributed by atoms with van der Waals surface area (Å²) in [6, 6.07) is 7.45. The number of nitrogens with two attached hydrogens (primary N) is 1. The first-order valence-electron chi connectivity index (χ1n) is 10.5. The molecular weight excluding hydrogens is 425 g/mol. The van der Waals surface area contributed by atoms with Crippen LogP contribution in [0.15, 0.2) is 48.9 Å². The van der Waals surface area contributed by atoms with E-state index in [1.165, 1.54) is 12.1 Å². The number of fused-ring (bicyclic) bond motifs is 1. The van der Waals surface area contributed by atoms with Crippen molar-refractivity contribution in [3.8, 4) is 11.1 Å². The third-order valence-electron chi connectivity index (χ3n) is 5.83. The molecule has 1 atom stereocenters. The molecule has 9 nitrogen and oxygen atoms in total. The minimum absolute atomic E-state index is 0.136. The van der Waals surface area contributed by atoms with Crippen molar-refractivity contribution < 1.29 is 14.0 Å². The summed E-state index contributed by atoms with van der Waals surface area (Å²) in [5.74, 6) is -0.753.